The number of benzene rings is 2. The molecule has 1 aliphatic heterocycles. The zero-order chi connectivity index (χ0) is 20.6. The standard InChI is InChI=1S/C23H33N5O.HI/c1-4-24-23(25-17-19-9-5-6-10-20(19)18-26(2)3)28-15-13-27(14-16-28)21-11-7-8-12-22(21)29;/h5-12,29H,4,13-18H2,1-3H3,(H,24,25);1H. The number of piperazine rings is 1. The van der Waals surface area contributed by atoms with Crippen molar-refractivity contribution in [2.45, 2.75) is 20.0 Å². The van der Waals surface area contributed by atoms with Crippen LogP contribution in [0.1, 0.15) is 18.1 Å². The summed E-state index contributed by atoms with van der Waals surface area (Å²) in [5.74, 6) is 1.31. The third kappa shape index (κ3) is 6.50. The number of hydrogen-bond acceptors (Lipinski definition) is 4. The summed E-state index contributed by atoms with van der Waals surface area (Å²) < 4.78 is 0. The number of phenolic OH excluding ortho intramolecular Hbond substituents is 1. The topological polar surface area (TPSA) is 54.3 Å². The highest BCUT2D eigenvalue weighted by atomic mass is 127. The first kappa shape index (κ1) is 24.3. The summed E-state index contributed by atoms with van der Waals surface area (Å²) in [7, 11) is 4.18. The van der Waals surface area contributed by atoms with E-state index < -0.39 is 0 Å². The molecule has 0 spiro atoms. The van der Waals surface area contributed by atoms with Crippen LogP contribution in [0.15, 0.2) is 53.5 Å². The Kier molecular flexibility index (Phi) is 9.71. The molecule has 6 nitrogen and oxygen atoms in total. The summed E-state index contributed by atoms with van der Waals surface area (Å²) in [4.78, 5) is 11.7. The Bertz CT molecular complexity index is 819. The van der Waals surface area contributed by atoms with Crippen molar-refractivity contribution in [3.05, 3.63) is 59.7 Å². The number of nitrogens with zero attached hydrogens (tertiary/aromatic N) is 4. The summed E-state index contributed by atoms with van der Waals surface area (Å²) in [5, 5.41) is 13.6. The van der Waals surface area contributed by atoms with Gasteiger partial charge in [-0.1, -0.05) is 36.4 Å². The predicted octanol–water partition coefficient (Wildman–Crippen LogP) is 3.36. The minimum atomic E-state index is 0. The quantitative estimate of drug-likeness (QED) is 0.346. The maximum absolute atomic E-state index is 10.1. The van der Waals surface area contributed by atoms with E-state index in [4.69, 9.17) is 4.99 Å². The van der Waals surface area contributed by atoms with Crippen molar-refractivity contribution in [3.8, 4) is 5.75 Å². The molecule has 1 heterocycles. The average Bonchev–Trinajstić information content (AvgIpc) is 2.72. The molecule has 0 aromatic heterocycles. The lowest BCUT2D eigenvalue weighted by molar-refractivity contribution is 0.369. The minimum absolute atomic E-state index is 0. The van der Waals surface area contributed by atoms with Crippen LogP contribution in [0.2, 0.25) is 0 Å². The molecule has 164 valence electrons. The van der Waals surface area contributed by atoms with Crippen molar-refractivity contribution in [3.63, 3.8) is 0 Å². The lowest BCUT2D eigenvalue weighted by Crippen LogP contribution is -2.52. The van der Waals surface area contributed by atoms with Crippen molar-refractivity contribution in [1.29, 1.82) is 0 Å². The van der Waals surface area contributed by atoms with Crippen LogP contribution in [-0.2, 0) is 13.1 Å². The van der Waals surface area contributed by atoms with Crippen molar-refractivity contribution < 1.29 is 5.11 Å². The van der Waals surface area contributed by atoms with Gasteiger partial charge in [0.25, 0.3) is 0 Å². The Morgan fingerprint density at radius 2 is 1.63 bits per heavy atom. The van der Waals surface area contributed by atoms with E-state index in [0.717, 1.165) is 50.9 Å². The first-order chi connectivity index (χ1) is 14.1. The second kappa shape index (κ2) is 12.0. The summed E-state index contributed by atoms with van der Waals surface area (Å²) in [6.07, 6.45) is 0. The number of phenols is 1. The molecule has 0 unspecified atom stereocenters. The molecule has 1 fully saturated rings. The Hall–Kier alpha value is -2.00. The number of aliphatic imine (C=N–C) groups is 1. The largest absolute Gasteiger partial charge is 0.506 e. The van der Waals surface area contributed by atoms with Gasteiger partial charge in [-0.25, -0.2) is 4.99 Å². The second-order valence-corrected chi connectivity index (χ2v) is 7.64. The maximum atomic E-state index is 10.1. The van der Waals surface area contributed by atoms with Gasteiger partial charge in [-0.2, -0.15) is 0 Å². The van der Waals surface area contributed by atoms with Crippen LogP contribution in [0.5, 0.6) is 5.75 Å². The zero-order valence-corrected chi connectivity index (χ0v) is 20.5. The molecule has 2 aromatic carbocycles. The zero-order valence-electron chi connectivity index (χ0n) is 18.2. The highest BCUT2D eigenvalue weighted by Crippen LogP contribution is 2.27. The number of nitrogens with one attached hydrogen (secondary N) is 1. The van der Waals surface area contributed by atoms with E-state index in [1.165, 1.54) is 11.1 Å². The number of guanidine groups is 1. The molecular formula is C23H34IN5O. The van der Waals surface area contributed by atoms with Gasteiger partial charge >= 0.3 is 0 Å². The highest BCUT2D eigenvalue weighted by Gasteiger charge is 2.21. The number of para-hydroxylation sites is 2. The van der Waals surface area contributed by atoms with Gasteiger partial charge in [0.1, 0.15) is 5.75 Å². The van der Waals surface area contributed by atoms with Crippen molar-refractivity contribution in [2.24, 2.45) is 4.99 Å². The van der Waals surface area contributed by atoms with Gasteiger partial charge in [-0.15, -0.1) is 24.0 Å². The summed E-state index contributed by atoms with van der Waals surface area (Å²) >= 11 is 0. The Labute approximate surface area is 197 Å². The smallest absolute Gasteiger partial charge is 0.194 e. The van der Waals surface area contributed by atoms with Crippen LogP contribution in [-0.4, -0.2) is 67.7 Å². The Morgan fingerprint density at radius 3 is 2.27 bits per heavy atom. The highest BCUT2D eigenvalue weighted by molar-refractivity contribution is 14.0. The van der Waals surface area contributed by atoms with Crippen molar-refractivity contribution >= 4 is 35.6 Å². The average molecular weight is 523 g/mol. The minimum Gasteiger partial charge on any atom is -0.506 e. The molecule has 7 heteroatoms. The molecule has 0 bridgehead atoms. The van der Waals surface area contributed by atoms with Gasteiger partial charge in [0, 0.05) is 39.3 Å². The van der Waals surface area contributed by atoms with E-state index in [-0.39, 0.29) is 24.0 Å². The fourth-order valence-corrected chi connectivity index (χ4v) is 3.68. The Morgan fingerprint density at radius 1 is 1.00 bits per heavy atom. The SMILES string of the molecule is CCNC(=NCc1ccccc1CN(C)C)N1CCN(c2ccccc2O)CC1.I. The summed E-state index contributed by atoms with van der Waals surface area (Å²) in [6, 6.07) is 16.1. The second-order valence-electron chi connectivity index (χ2n) is 7.64. The number of anilines is 1. The van der Waals surface area contributed by atoms with E-state index in [1.807, 2.05) is 18.2 Å². The van der Waals surface area contributed by atoms with Crippen LogP contribution in [0.25, 0.3) is 0 Å². The van der Waals surface area contributed by atoms with E-state index in [9.17, 15) is 5.11 Å². The fraction of sp³-hybridized carbons (Fsp3) is 0.435. The maximum Gasteiger partial charge on any atom is 0.194 e. The van der Waals surface area contributed by atoms with Crippen molar-refractivity contribution in [2.75, 3.05) is 51.7 Å². The molecule has 1 aliphatic rings. The third-order valence-corrected chi connectivity index (χ3v) is 5.14. The molecule has 0 saturated carbocycles. The Balaban J connectivity index is 0.00000320. The van der Waals surface area contributed by atoms with E-state index >= 15 is 0 Å². The molecule has 30 heavy (non-hydrogen) atoms. The van der Waals surface area contributed by atoms with Crippen molar-refractivity contribution in [1.82, 2.24) is 15.1 Å². The van der Waals surface area contributed by atoms with Gasteiger partial charge in [0.15, 0.2) is 5.96 Å². The number of rotatable bonds is 6. The lowest BCUT2D eigenvalue weighted by Gasteiger charge is -2.37. The van der Waals surface area contributed by atoms with E-state index in [1.54, 1.807) is 6.07 Å². The van der Waals surface area contributed by atoms with E-state index in [0.29, 0.717) is 12.3 Å². The van der Waals surface area contributed by atoms with Gasteiger partial charge in [0.05, 0.1) is 12.2 Å². The van der Waals surface area contributed by atoms with Crippen LogP contribution in [0.4, 0.5) is 5.69 Å². The first-order valence-corrected chi connectivity index (χ1v) is 10.4. The van der Waals surface area contributed by atoms with E-state index in [2.05, 4.69) is 65.3 Å². The van der Waals surface area contributed by atoms with Crippen LogP contribution in [0, 0.1) is 0 Å². The monoisotopic (exact) mass is 523 g/mol. The van der Waals surface area contributed by atoms with Crippen LogP contribution >= 0.6 is 24.0 Å². The molecule has 3 rings (SSSR count). The number of halogens is 1. The molecule has 1 saturated heterocycles. The van der Waals surface area contributed by atoms with Gasteiger partial charge in [-0.05, 0) is 44.3 Å². The lowest BCUT2D eigenvalue weighted by atomic mass is 10.1. The van der Waals surface area contributed by atoms with Gasteiger partial charge in [-0.3, -0.25) is 0 Å². The van der Waals surface area contributed by atoms with Crippen LogP contribution < -0.4 is 10.2 Å². The van der Waals surface area contributed by atoms with Crippen LogP contribution in [0.3, 0.4) is 0 Å². The molecule has 2 N–H and O–H groups in total. The van der Waals surface area contributed by atoms with Gasteiger partial charge < -0.3 is 25.1 Å². The molecular weight excluding hydrogens is 489 g/mol. The summed E-state index contributed by atoms with van der Waals surface area (Å²) in [6.45, 7) is 8.01. The number of aromatic hydroxyl groups is 1. The molecule has 0 atom stereocenters. The molecule has 0 radical (unpaired) electrons. The summed E-state index contributed by atoms with van der Waals surface area (Å²) in [5.41, 5.74) is 3.50. The fourth-order valence-electron chi connectivity index (χ4n) is 3.68. The normalized spacial score (nSPS) is 14.6. The number of hydrogen-bond donors (Lipinski definition) is 2. The predicted molar refractivity (Wildman–Crippen MR) is 136 cm³/mol. The first-order valence-electron chi connectivity index (χ1n) is 10.4. The van der Waals surface area contributed by atoms with Gasteiger partial charge in [0.2, 0.25) is 0 Å². The molecule has 0 amide bonds. The third-order valence-electron chi connectivity index (χ3n) is 5.14. The molecule has 0 aliphatic carbocycles. The molecule has 2 aromatic rings.